The number of fused-ring (bicyclic) bond motifs is 1. The highest BCUT2D eigenvalue weighted by molar-refractivity contribution is 5.02. The lowest BCUT2D eigenvalue weighted by atomic mass is 9.96. The van der Waals surface area contributed by atoms with Gasteiger partial charge in [0.15, 0.2) is 0 Å². The summed E-state index contributed by atoms with van der Waals surface area (Å²) in [5.74, 6) is 0. The van der Waals surface area contributed by atoms with Crippen LogP contribution in [-0.2, 0) is 0 Å². The molecule has 3 atom stereocenters. The van der Waals surface area contributed by atoms with E-state index in [0.717, 1.165) is 12.1 Å². The standard InChI is InChI=1S/C14H24N2/c1-2-6-12(7-3-1)15-13-9-11-16-10-5-4-8-14(13)16/h2,6,12-15H,1,3-5,7-11H2. The maximum absolute atomic E-state index is 3.89. The second-order valence-electron chi connectivity index (χ2n) is 5.63. The van der Waals surface area contributed by atoms with Gasteiger partial charge in [0, 0.05) is 24.7 Å². The van der Waals surface area contributed by atoms with Gasteiger partial charge in [-0.25, -0.2) is 0 Å². The first-order valence-electron chi connectivity index (χ1n) is 7.10. The molecule has 3 aliphatic rings. The largest absolute Gasteiger partial charge is 0.306 e. The Balaban J connectivity index is 1.58. The molecule has 1 aliphatic carbocycles. The molecule has 3 rings (SSSR count). The van der Waals surface area contributed by atoms with Gasteiger partial charge in [-0.2, -0.15) is 0 Å². The fraction of sp³-hybridized carbons (Fsp3) is 0.857. The van der Waals surface area contributed by atoms with E-state index in [-0.39, 0.29) is 0 Å². The van der Waals surface area contributed by atoms with Crippen molar-refractivity contribution in [2.24, 2.45) is 0 Å². The molecule has 2 fully saturated rings. The molecule has 0 spiro atoms. The first kappa shape index (κ1) is 10.8. The second kappa shape index (κ2) is 4.89. The Morgan fingerprint density at radius 3 is 2.88 bits per heavy atom. The van der Waals surface area contributed by atoms with Crippen LogP contribution in [0, 0.1) is 0 Å². The quantitative estimate of drug-likeness (QED) is 0.718. The molecule has 2 heteroatoms. The monoisotopic (exact) mass is 220 g/mol. The van der Waals surface area contributed by atoms with E-state index < -0.39 is 0 Å². The highest BCUT2D eigenvalue weighted by Gasteiger charge is 2.35. The SMILES string of the molecule is C1=CC(NC2CCN3CCCCC23)CCC1. The van der Waals surface area contributed by atoms with Gasteiger partial charge in [-0.05, 0) is 45.1 Å². The molecule has 0 amide bonds. The molecule has 2 heterocycles. The van der Waals surface area contributed by atoms with Gasteiger partial charge >= 0.3 is 0 Å². The average Bonchev–Trinajstić information content (AvgIpc) is 2.74. The normalized spacial score (nSPS) is 39.9. The fourth-order valence-corrected chi connectivity index (χ4v) is 3.67. The van der Waals surface area contributed by atoms with Gasteiger partial charge in [0.1, 0.15) is 0 Å². The minimum atomic E-state index is 0.667. The molecule has 2 aliphatic heterocycles. The van der Waals surface area contributed by atoms with E-state index in [1.165, 1.54) is 58.0 Å². The zero-order chi connectivity index (χ0) is 10.8. The number of hydrogen-bond donors (Lipinski definition) is 1. The van der Waals surface area contributed by atoms with Gasteiger partial charge in [0.25, 0.3) is 0 Å². The lowest BCUT2D eigenvalue weighted by Gasteiger charge is -2.34. The Kier molecular flexibility index (Phi) is 3.30. The fourth-order valence-electron chi connectivity index (χ4n) is 3.67. The van der Waals surface area contributed by atoms with Crippen molar-refractivity contribution in [2.45, 2.75) is 63.1 Å². The molecule has 0 bridgehead atoms. The summed E-state index contributed by atoms with van der Waals surface area (Å²) >= 11 is 0. The minimum Gasteiger partial charge on any atom is -0.306 e. The van der Waals surface area contributed by atoms with Gasteiger partial charge in [-0.15, -0.1) is 0 Å². The Bertz CT molecular complexity index is 261. The van der Waals surface area contributed by atoms with Crippen LogP contribution in [0.3, 0.4) is 0 Å². The van der Waals surface area contributed by atoms with Crippen LogP contribution in [0.5, 0.6) is 0 Å². The number of allylic oxidation sites excluding steroid dienone is 1. The predicted molar refractivity (Wildman–Crippen MR) is 67.5 cm³/mol. The third-order valence-electron chi connectivity index (χ3n) is 4.54. The number of nitrogens with one attached hydrogen (secondary N) is 1. The summed E-state index contributed by atoms with van der Waals surface area (Å²) in [6.07, 6.45) is 14.4. The Labute approximate surface area is 99.1 Å². The van der Waals surface area contributed by atoms with E-state index >= 15 is 0 Å². The van der Waals surface area contributed by atoms with Crippen LogP contribution in [-0.4, -0.2) is 36.1 Å². The smallest absolute Gasteiger partial charge is 0.0253 e. The summed E-state index contributed by atoms with van der Waals surface area (Å²) in [6, 6.07) is 2.29. The molecule has 90 valence electrons. The topological polar surface area (TPSA) is 15.3 Å². The minimum absolute atomic E-state index is 0.667. The van der Waals surface area contributed by atoms with Gasteiger partial charge in [-0.3, -0.25) is 4.90 Å². The van der Waals surface area contributed by atoms with E-state index in [9.17, 15) is 0 Å². The summed E-state index contributed by atoms with van der Waals surface area (Å²) in [5, 5.41) is 3.89. The summed E-state index contributed by atoms with van der Waals surface area (Å²) in [7, 11) is 0. The van der Waals surface area contributed by atoms with Crippen molar-refractivity contribution in [3.63, 3.8) is 0 Å². The molecule has 0 aromatic carbocycles. The maximum atomic E-state index is 3.89. The van der Waals surface area contributed by atoms with E-state index in [2.05, 4.69) is 22.4 Å². The molecule has 0 aromatic heterocycles. The van der Waals surface area contributed by atoms with Gasteiger partial charge in [-0.1, -0.05) is 18.6 Å². The van der Waals surface area contributed by atoms with Crippen molar-refractivity contribution in [2.75, 3.05) is 13.1 Å². The molecule has 0 aromatic rings. The Hall–Kier alpha value is -0.340. The van der Waals surface area contributed by atoms with Gasteiger partial charge < -0.3 is 5.32 Å². The van der Waals surface area contributed by atoms with Crippen molar-refractivity contribution >= 4 is 0 Å². The van der Waals surface area contributed by atoms with Crippen LogP contribution >= 0.6 is 0 Å². The average molecular weight is 220 g/mol. The zero-order valence-electron chi connectivity index (χ0n) is 10.2. The van der Waals surface area contributed by atoms with Crippen LogP contribution in [0.2, 0.25) is 0 Å². The van der Waals surface area contributed by atoms with E-state index in [4.69, 9.17) is 0 Å². The van der Waals surface area contributed by atoms with Crippen molar-refractivity contribution < 1.29 is 0 Å². The molecule has 3 unspecified atom stereocenters. The summed E-state index contributed by atoms with van der Waals surface area (Å²) in [5.41, 5.74) is 0. The molecular formula is C14H24N2. The molecule has 2 saturated heterocycles. The van der Waals surface area contributed by atoms with Crippen LogP contribution in [0.1, 0.15) is 44.9 Å². The first-order chi connectivity index (χ1) is 7.93. The first-order valence-corrected chi connectivity index (χ1v) is 7.10. The van der Waals surface area contributed by atoms with Crippen LogP contribution < -0.4 is 5.32 Å². The van der Waals surface area contributed by atoms with E-state index in [0.29, 0.717) is 6.04 Å². The number of rotatable bonds is 2. The van der Waals surface area contributed by atoms with Crippen LogP contribution in [0.4, 0.5) is 0 Å². The number of hydrogen-bond acceptors (Lipinski definition) is 2. The third-order valence-corrected chi connectivity index (χ3v) is 4.54. The van der Waals surface area contributed by atoms with Crippen LogP contribution in [0.25, 0.3) is 0 Å². The van der Waals surface area contributed by atoms with E-state index in [1.807, 2.05) is 0 Å². The van der Waals surface area contributed by atoms with E-state index in [1.54, 1.807) is 0 Å². The number of piperidine rings is 1. The molecule has 16 heavy (non-hydrogen) atoms. The van der Waals surface area contributed by atoms with Crippen LogP contribution in [0.15, 0.2) is 12.2 Å². The molecule has 2 nitrogen and oxygen atoms in total. The van der Waals surface area contributed by atoms with Crippen molar-refractivity contribution in [1.29, 1.82) is 0 Å². The highest BCUT2D eigenvalue weighted by atomic mass is 15.2. The predicted octanol–water partition coefficient (Wildman–Crippen LogP) is 2.31. The summed E-state index contributed by atoms with van der Waals surface area (Å²) in [4.78, 5) is 2.72. The van der Waals surface area contributed by atoms with Crippen molar-refractivity contribution in [3.8, 4) is 0 Å². The molecule has 1 N–H and O–H groups in total. The van der Waals surface area contributed by atoms with Crippen molar-refractivity contribution in [1.82, 2.24) is 10.2 Å². The summed E-state index contributed by atoms with van der Waals surface area (Å²) in [6.45, 7) is 2.68. The Morgan fingerprint density at radius 2 is 2.00 bits per heavy atom. The third kappa shape index (κ3) is 2.18. The molecular weight excluding hydrogens is 196 g/mol. The lowest BCUT2D eigenvalue weighted by molar-refractivity contribution is 0.177. The highest BCUT2D eigenvalue weighted by Crippen LogP contribution is 2.28. The zero-order valence-corrected chi connectivity index (χ0v) is 10.2. The summed E-state index contributed by atoms with van der Waals surface area (Å²) < 4.78 is 0. The van der Waals surface area contributed by atoms with Gasteiger partial charge in [0.05, 0.1) is 0 Å². The second-order valence-corrected chi connectivity index (χ2v) is 5.63. The molecule has 0 saturated carbocycles. The van der Waals surface area contributed by atoms with Gasteiger partial charge in [0.2, 0.25) is 0 Å². The van der Waals surface area contributed by atoms with Crippen molar-refractivity contribution in [3.05, 3.63) is 12.2 Å². The lowest BCUT2D eigenvalue weighted by Crippen LogP contribution is -2.48. The molecule has 0 radical (unpaired) electrons. The maximum Gasteiger partial charge on any atom is 0.0253 e. The Morgan fingerprint density at radius 1 is 1.00 bits per heavy atom. The number of nitrogens with zero attached hydrogens (tertiary/aromatic N) is 1.